The molecule has 1 rings (SSSR count). The molecule has 0 aliphatic carbocycles. The minimum atomic E-state index is 0. The van der Waals surface area contributed by atoms with E-state index in [4.69, 9.17) is 0 Å². The van der Waals surface area contributed by atoms with E-state index in [0.717, 1.165) is 11.1 Å². The molecule has 1 nitrogen and oxygen atoms in total. The molecule has 0 N–H and O–H groups in total. The summed E-state index contributed by atoms with van der Waals surface area (Å²) in [5.41, 5.74) is 2.08. The Bertz CT molecular complexity index is 148. The van der Waals surface area contributed by atoms with Gasteiger partial charge in [-0.3, -0.25) is 11.8 Å². The second-order valence-corrected chi connectivity index (χ2v) is 1.56. The van der Waals surface area contributed by atoms with E-state index in [0.29, 0.717) is 0 Å². The van der Waals surface area contributed by atoms with Crippen LogP contribution in [0.4, 0.5) is 0 Å². The molecule has 0 aliphatic rings. The van der Waals surface area contributed by atoms with Crippen molar-refractivity contribution in [2.24, 2.45) is 0 Å². The summed E-state index contributed by atoms with van der Waals surface area (Å²) in [6, 6.07) is 0. The first-order chi connectivity index (χ1) is 3.30. The second-order valence-electron chi connectivity index (χ2n) is 1.56. The molecule has 6 heteroatoms. The molecule has 5 radical (unpaired) electrons. The quantitative estimate of drug-likeness (QED) is 0.457. The first-order valence-electron chi connectivity index (χ1n) is 2.16. The van der Waals surface area contributed by atoms with Crippen LogP contribution >= 0.6 is 0 Å². The van der Waals surface area contributed by atoms with Gasteiger partial charge in [-0.15, -0.1) is 6.92 Å². The molecule has 0 fully saturated rings. The zero-order valence-corrected chi connectivity index (χ0v) is 21.5. The van der Waals surface area contributed by atoms with Crippen molar-refractivity contribution in [3.63, 3.8) is 0 Å². The Hall–Kier alpha value is 4.80. The smallest absolute Gasteiger partial charge is 0 e. The summed E-state index contributed by atoms with van der Waals surface area (Å²) >= 11 is 0. The average Bonchev–Trinajstić information content (AvgIpc) is 1.91. The number of rotatable bonds is 0. The van der Waals surface area contributed by atoms with Crippen molar-refractivity contribution in [1.29, 1.82) is 0 Å². The van der Waals surface area contributed by atoms with E-state index in [1.807, 2.05) is 13.8 Å². The average molecular weight is 539 g/mol. The number of hydrogen-bond donors (Lipinski definition) is 0. The SMILES string of the molecule is Cc1[c-]o[c-]c1C.[Y].[Y].[Y].[Y].[Y]. The van der Waals surface area contributed by atoms with Gasteiger partial charge in [-0.05, 0) is 0 Å². The van der Waals surface area contributed by atoms with Gasteiger partial charge in [-0.25, -0.2) is 0 Å². The van der Waals surface area contributed by atoms with E-state index < -0.39 is 0 Å². The van der Waals surface area contributed by atoms with Crippen LogP contribution in [-0.4, -0.2) is 0 Å². The molecular weight excluding hydrogens is 533 g/mol. The predicted octanol–water partition coefficient (Wildman–Crippen LogP) is 1.48. The van der Waals surface area contributed by atoms with Crippen LogP contribution in [0.2, 0.25) is 0 Å². The first kappa shape index (κ1) is 30.1. The minimum absolute atomic E-state index is 0. The van der Waals surface area contributed by atoms with E-state index in [2.05, 4.69) is 16.9 Å². The maximum atomic E-state index is 4.59. The molecule has 0 spiro atoms. The summed E-state index contributed by atoms with van der Waals surface area (Å²) in [6.45, 7) is 3.88. The number of hydrogen-bond acceptors (Lipinski definition) is 1. The van der Waals surface area contributed by atoms with Gasteiger partial charge in [0.1, 0.15) is 0 Å². The maximum Gasteiger partial charge on any atom is 0 e. The Morgan fingerprint density at radius 2 is 1.00 bits per heavy atom. The summed E-state index contributed by atoms with van der Waals surface area (Å²) < 4.78 is 4.59. The number of aryl methyl sites for hydroxylation is 2. The Morgan fingerprint density at radius 1 is 0.750 bits per heavy atom. The Balaban J connectivity index is -0.0000000327. The Morgan fingerprint density at radius 3 is 1.08 bits per heavy atom. The molecular formula is C6H6OY5-2. The van der Waals surface area contributed by atoms with E-state index in [1.54, 1.807) is 0 Å². The standard InChI is InChI=1S/C6H6O.5Y/c1-5-3-7-4-6(5)2;;;;;/h1-2H3;;;;;/q-2;;;;;. The van der Waals surface area contributed by atoms with Crippen LogP contribution in [0.25, 0.3) is 0 Å². The van der Waals surface area contributed by atoms with Gasteiger partial charge in [0, 0.05) is 164 Å². The van der Waals surface area contributed by atoms with Gasteiger partial charge in [0.25, 0.3) is 0 Å². The van der Waals surface area contributed by atoms with Crippen LogP contribution < -0.4 is 0 Å². The third kappa shape index (κ3) is 12.9. The molecule has 0 aromatic carbocycles. The molecule has 1 heterocycles. The summed E-state index contributed by atoms with van der Waals surface area (Å²) in [7, 11) is 0. The second kappa shape index (κ2) is 18.2. The number of furan rings is 1. The van der Waals surface area contributed by atoms with Gasteiger partial charge in [0.2, 0.25) is 0 Å². The third-order valence-corrected chi connectivity index (χ3v) is 0.971. The van der Waals surface area contributed by atoms with Gasteiger partial charge in [-0.2, -0.15) is 6.26 Å². The van der Waals surface area contributed by atoms with Gasteiger partial charge in [-0.1, -0.05) is 6.92 Å². The zero-order valence-electron chi connectivity index (χ0n) is 7.29. The van der Waals surface area contributed by atoms with Crippen LogP contribution in [-0.2, 0) is 164 Å². The van der Waals surface area contributed by atoms with Crippen molar-refractivity contribution in [1.82, 2.24) is 0 Å². The van der Waals surface area contributed by atoms with Crippen LogP contribution in [0.15, 0.2) is 4.42 Å². The van der Waals surface area contributed by atoms with E-state index in [9.17, 15) is 0 Å². The molecule has 12 heavy (non-hydrogen) atoms. The molecule has 0 atom stereocenters. The predicted molar refractivity (Wildman–Crippen MR) is 25.9 cm³/mol. The van der Waals surface area contributed by atoms with Crippen LogP contribution in [0.3, 0.4) is 0 Å². The van der Waals surface area contributed by atoms with E-state index in [-0.39, 0.29) is 164 Å². The van der Waals surface area contributed by atoms with Crippen molar-refractivity contribution in [3.05, 3.63) is 23.7 Å². The van der Waals surface area contributed by atoms with Crippen LogP contribution in [0, 0.1) is 26.4 Å². The minimum Gasteiger partial charge on any atom is -0.744 e. The van der Waals surface area contributed by atoms with Crippen molar-refractivity contribution in [2.45, 2.75) is 13.8 Å². The largest absolute Gasteiger partial charge is 0.744 e. The Kier molecular flexibility index (Phi) is 45.6. The fourth-order valence-corrected chi connectivity index (χ4v) is 0.332. The van der Waals surface area contributed by atoms with Crippen LogP contribution in [0.1, 0.15) is 11.1 Å². The van der Waals surface area contributed by atoms with Gasteiger partial charge in [0.15, 0.2) is 0 Å². The molecule has 1 aromatic heterocycles. The molecule has 0 amide bonds. The van der Waals surface area contributed by atoms with Crippen molar-refractivity contribution in [3.8, 4) is 0 Å². The molecule has 53 valence electrons. The molecule has 1 aromatic rings. The Labute approximate surface area is 200 Å². The summed E-state index contributed by atoms with van der Waals surface area (Å²) in [5.74, 6) is 0. The van der Waals surface area contributed by atoms with Crippen molar-refractivity contribution < 1.29 is 168 Å². The van der Waals surface area contributed by atoms with Crippen molar-refractivity contribution >= 4 is 0 Å². The normalized spacial score (nSPS) is 5.50. The maximum absolute atomic E-state index is 4.59. The topological polar surface area (TPSA) is 13.1 Å². The molecule has 0 unspecified atom stereocenters. The summed E-state index contributed by atoms with van der Waals surface area (Å²) in [5, 5.41) is 0. The molecule has 0 aliphatic heterocycles. The van der Waals surface area contributed by atoms with Crippen LogP contribution in [0.5, 0.6) is 0 Å². The molecule has 0 saturated heterocycles. The zero-order chi connectivity index (χ0) is 5.28. The fraction of sp³-hybridized carbons (Fsp3) is 0.333. The third-order valence-electron chi connectivity index (χ3n) is 0.971. The molecule has 0 bridgehead atoms. The van der Waals surface area contributed by atoms with Gasteiger partial charge >= 0.3 is 0 Å². The first-order valence-corrected chi connectivity index (χ1v) is 2.16. The summed E-state index contributed by atoms with van der Waals surface area (Å²) in [6.07, 6.45) is 5.28. The van der Waals surface area contributed by atoms with E-state index in [1.165, 1.54) is 0 Å². The summed E-state index contributed by atoms with van der Waals surface area (Å²) in [4.78, 5) is 0. The van der Waals surface area contributed by atoms with E-state index >= 15 is 0 Å². The van der Waals surface area contributed by atoms with Gasteiger partial charge < -0.3 is 9.98 Å². The monoisotopic (exact) mass is 539 g/mol. The molecule has 0 saturated carbocycles. The van der Waals surface area contributed by atoms with Crippen molar-refractivity contribution in [2.75, 3.05) is 0 Å². The fourth-order valence-electron chi connectivity index (χ4n) is 0.332. The van der Waals surface area contributed by atoms with Gasteiger partial charge in [0.05, 0.1) is 0 Å².